The molecule has 3 atom stereocenters. The number of hydrogen-bond donors (Lipinski definition) is 4. The Morgan fingerprint density at radius 2 is 1.83 bits per heavy atom. The topological polar surface area (TPSA) is 170 Å². The van der Waals surface area contributed by atoms with E-state index in [9.17, 15) is 38.8 Å². The number of rotatable bonds is 9. The standard InChI is InChI=1S/C23H28BN3O8/c1-11(2)9-17(24(34)35)25-20(30)12(3)10-16(28)13-5-4-6-14-19(13)23(33)27(22(14)32)15-7-8-18(29)26-21(15)31/h4-6,11-12,15,17,34-35H,7-10H2,1-3H3,(H,25,30)(H,26,29,31)/t12-,15?,17+/m1/s1. The van der Waals surface area contributed by atoms with Crippen LogP contribution in [0.5, 0.6) is 0 Å². The molecular weight excluding hydrogens is 457 g/mol. The van der Waals surface area contributed by atoms with Crippen molar-refractivity contribution in [3.8, 4) is 0 Å². The molecule has 2 aliphatic heterocycles. The van der Waals surface area contributed by atoms with Gasteiger partial charge in [0.25, 0.3) is 11.8 Å². The molecule has 186 valence electrons. The summed E-state index contributed by atoms with van der Waals surface area (Å²) in [4.78, 5) is 76.2. The largest absolute Gasteiger partial charge is 0.475 e. The van der Waals surface area contributed by atoms with Crippen LogP contribution in [0.4, 0.5) is 0 Å². The molecule has 0 saturated carbocycles. The van der Waals surface area contributed by atoms with E-state index < -0.39 is 60.3 Å². The summed E-state index contributed by atoms with van der Waals surface area (Å²) < 4.78 is 0. The maximum Gasteiger partial charge on any atom is 0.475 e. The fraction of sp³-hybridized carbons (Fsp3) is 0.478. The maximum atomic E-state index is 13.2. The van der Waals surface area contributed by atoms with Crippen molar-refractivity contribution in [3.05, 3.63) is 34.9 Å². The van der Waals surface area contributed by atoms with Gasteiger partial charge in [-0.3, -0.25) is 39.0 Å². The Labute approximate surface area is 202 Å². The molecule has 5 amide bonds. The van der Waals surface area contributed by atoms with E-state index in [0.29, 0.717) is 6.42 Å². The number of carbonyl (C=O) groups excluding carboxylic acids is 6. The molecule has 1 unspecified atom stereocenters. The molecule has 3 rings (SSSR count). The average Bonchev–Trinajstić information content (AvgIpc) is 3.03. The highest BCUT2D eigenvalue weighted by atomic mass is 16.4. The molecule has 4 N–H and O–H groups in total. The lowest BCUT2D eigenvalue weighted by molar-refractivity contribution is -0.136. The zero-order chi connectivity index (χ0) is 26.0. The number of nitrogens with one attached hydrogen (secondary N) is 2. The van der Waals surface area contributed by atoms with Crippen LogP contribution in [0.2, 0.25) is 0 Å². The monoisotopic (exact) mass is 485 g/mol. The van der Waals surface area contributed by atoms with E-state index in [1.807, 2.05) is 13.8 Å². The van der Waals surface area contributed by atoms with Crippen LogP contribution in [-0.2, 0) is 14.4 Å². The lowest BCUT2D eigenvalue weighted by Crippen LogP contribution is -2.54. The van der Waals surface area contributed by atoms with Crippen LogP contribution in [0.1, 0.15) is 77.5 Å². The Morgan fingerprint density at radius 1 is 1.14 bits per heavy atom. The lowest BCUT2D eigenvalue weighted by Gasteiger charge is -2.27. The van der Waals surface area contributed by atoms with Gasteiger partial charge in [0.1, 0.15) is 6.04 Å². The molecule has 2 heterocycles. The highest BCUT2D eigenvalue weighted by molar-refractivity contribution is 6.43. The molecule has 35 heavy (non-hydrogen) atoms. The smallest absolute Gasteiger partial charge is 0.426 e. The van der Waals surface area contributed by atoms with Gasteiger partial charge in [-0.05, 0) is 24.8 Å². The van der Waals surface area contributed by atoms with Crippen LogP contribution >= 0.6 is 0 Å². The van der Waals surface area contributed by atoms with E-state index >= 15 is 0 Å². The fourth-order valence-electron chi connectivity index (χ4n) is 4.32. The Hall–Kier alpha value is -3.38. The van der Waals surface area contributed by atoms with E-state index in [-0.39, 0.29) is 41.9 Å². The van der Waals surface area contributed by atoms with Crippen molar-refractivity contribution >= 4 is 42.4 Å². The zero-order valence-corrected chi connectivity index (χ0v) is 19.7. The number of Topliss-reactive ketones (excluding diaryl/α,β-unsaturated/α-hetero) is 1. The molecule has 12 heteroatoms. The van der Waals surface area contributed by atoms with Gasteiger partial charge in [-0.1, -0.05) is 32.9 Å². The fourth-order valence-corrected chi connectivity index (χ4v) is 4.32. The first-order chi connectivity index (χ1) is 16.4. The summed E-state index contributed by atoms with van der Waals surface area (Å²) in [6.45, 7) is 5.22. The minimum Gasteiger partial charge on any atom is -0.426 e. The molecular formula is C23H28BN3O8. The minimum absolute atomic E-state index is 0.00906. The van der Waals surface area contributed by atoms with Gasteiger partial charge < -0.3 is 15.4 Å². The normalized spacial score (nSPS) is 19.4. The van der Waals surface area contributed by atoms with Crippen molar-refractivity contribution in [2.75, 3.05) is 0 Å². The van der Waals surface area contributed by atoms with Crippen molar-refractivity contribution in [1.82, 2.24) is 15.5 Å². The van der Waals surface area contributed by atoms with E-state index in [2.05, 4.69) is 10.6 Å². The first-order valence-corrected chi connectivity index (χ1v) is 11.5. The number of carbonyl (C=O) groups is 6. The van der Waals surface area contributed by atoms with Crippen LogP contribution in [-0.4, -0.2) is 69.4 Å². The third-order valence-electron chi connectivity index (χ3n) is 6.12. The lowest BCUT2D eigenvalue weighted by atomic mass is 9.74. The Kier molecular flexibility index (Phi) is 7.86. The third-order valence-corrected chi connectivity index (χ3v) is 6.12. The second-order valence-corrected chi connectivity index (χ2v) is 9.36. The number of amides is 5. The van der Waals surface area contributed by atoms with Crippen LogP contribution in [0, 0.1) is 11.8 Å². The van der Waals surface area contributed by atoms with Crippen molar-refractivity contribution in [2.24, 2.45) is 11.8 Å². The second kappa shape index (κ2) is 10.5. The van der Waals surface area contributed by atoms with Crippen molar-refractivity contribution in [1.29, 1.82) is 0 Å². The number of fused-ring (bicyclic) bond motifs is 1. The van der Waals surface area contributed by atoms with Crippen LogP contribution < -0.4 is 10.6 Å². The molecule has 1 aromatic carbocycles. The van der Waals surface area contributed by atoms with Gasteiger partial charge in [0.2, 0.25) is 17.7 Å². The average molecular weight is 485 g/mol. The molecule has 1 saturated heterocycles. The number of piperidine rings is 1. The summed E-state index contributed by atoms with van der Waals surface area (Å²) in [6, 6.07) is 3.05. The maximum absolute atomic E-state index is 13.2. The SMILES string of the molecule is CC(C)C[C@H](NC(=O)[C@H](C)CC(=O)c1cccc2c1C(=O)N(C1CCC(=O)NC1=O)C2=O)B(O)O. The zero-order valence-electron chi connectivity index (χ0n) is 19.7. The van der Waals surface area contributed by atoms with Crippen molar-refractivity contribution < 1.29 is 38.8 Å². The molecule has 2 aliphatic rings. The minimum atomic E-state index is -1.76. The van der Waals surface area contributed by atoms with E-state index in [4.69, 9.17) is 0 Å². The molecule has 0 radical (unpaired) electrons. The first-order valence-electron chi connectivity index (χ1n) is 11.5. The summed E-state index contributed by atoms with van der Waals surface area (Å²) in [5.74, 6) is -5.56. The van der Waals surface area contributed by atoms with Gasteiger partial charge >= 0.3 is 7.12 Å². The van der Waals surface area contributed by atoms with Gasteiger partial charge in [-0.2, -0.15) is 0 Å². The number of imide groups is 2. The van der Waals surface area contributed by atoms with Gasteiger partial charge in [0, 0.05) is 24.3 Å². The van der Waals surface area contributed by atoms with Gasteiger partial charge in [-0.15, -0.1) is 0 Å². The molecule has 1 aromatic rings. The van der Waals surface area contributed by atoms with Gasteiger partial charge in [-0.25, -0.2) is 0 Å². The van der Waals surface area contributed by atoms with Crippen LogP contribution in [0.15, 0.2) is 18.2 Å². The Bertz CT molecular complexity index is 1090. The Balaban J connectivity index is 1.77. The Morgan fingerprint density at radius 3 is 2.43 bits per heavy atom. The molecule has 0 spiro atoms. The quantitative estimate of drug-likeness (QED) is 0.212. The van der Waals surface area contributed by atoms with E-state index in [0.717, 1.165) is 4.90 Å². The summed E-state index contributed by atoms with van der Waals surface area (Å²) in [5, 5.41) is 23.7. The first kappa shape index (κ1) is 26.2. The van der Waals surface area contributed by atoms with Crippen LogP contribution in [0.25, 0.3) is 0 Å². The number of ketones is 1. The van der Waals surface area contributed by atoms with Gasteiger partial charge in [0.15, 0.2) is 5.78 Å². The van der Waals surface area contributed by atoms with Crippen molar-refractivity contribution in [3.63, 3.8) is 0 Å². The predicted molar refractivity (Wildman–Crippen MR) is 123 cm³/mol. The summed E-state index contributed by atoms with van der Waals surface area (Å²) >= 11 is 0. The van der Waals surface area contributed by atoms with E-state index in [1.54, 1.807) is 0 Å². The van der Waals surface area contributed by atoms with Crippen molar-refractivity contribution in [2.45, 2.75) is 58.4 Å². The molecule has 0 aromatic heterocycles. The number of hydrogen-bond acceptors (Lipinski definition) is 8. The number of nitrogens with zero attached hydrogens (tertiary/aromatic N) is 1. The number of benzene rings is 1. The molecule has 11 nitrogen and oxygen atoms in total. The van der Waals surface area contributed by atoms with Crippen LogP contribution in [0.3, 0.4) is 0 Å². The third kappa shape index (κ3) is 5.49. The van der Waals surface area contributed by atoms with E-state index in [1.165, 1.54) is 25.1 Å². The summed E-state index contributed by atoms with van der Waals surface area (Å²) in [5.41, 5.74) is -0.206. The summed E-state index contributed by atoms with van der Waals surface area (Å²) in [6.07, 6.45) is -0.00537. The molecule has 0 bridgehead atoms. The highest BCUT2D eigenvalue weighted by Crippen LogP contribution is 2.31. The molecule has 1 fully saturated rings. The van der Waals surface area contributed by atoms with Gasteiger partial charge in [0.05, 0.1) is 17.1 Å². The second-order valence-electron chi connectivity index (χ2n) is 9.36. The molecule has 0 aliphatic carbocycles. The highest BCUT2D eigenvalue weighted by Gasteiger charge is 2.46. The summed E-state index contributed by atoms with van der Waals surface area (Å²) in [7, 11) is -1.76. The predicted octanol–water partition coefficient (Wildman–Crippen LogP) is -0.160.